The molecule has 0 aromatic carbocycles. The molecule has 3 fully saturated rings. The van der Waals surface area contributed by atoms with E-state index in [2.05, 4.69) is 35.7 Å². The first-order valence-electron chi connectivity index (χ1n) is 11.5. The topological polar surface area (TPSA) is 63.2 Å². The van der Waals surface area contributed by atoms with Crippen molar-refractivity contribution in [2.45, 2.75) is 50.9 Å². The minimum absolute atomic E-state index is 0.136. The summed E-state index contributed by atoms with van der Waals surface area (Å²) in [6.07, 6.45) is -0.737. The summed E-state index contributed by atoms with van der Waals surface area (Å²) in [7, 11) is 2.18. The number of hydrogen-bond donors (Lipinski definition) is 1. The van der Waals surface area contributed by atoms with Crippen molar-refractivity contribution in [1.82, 2.24) is 24.6 Å². The van der Waals surface area contributed by atoms with Crippen LogP contribution in [-0.2, 0) is 6.18 Å². The molecule has 32 heavy (non-hydrogen) atoms. The molecule has 3 aliphatic rings. The SMILES string of the molecule is CC(C)n1nc(-c2cnc(N)c(C(F)(F)F)c2)cc1[C@H]1[C@@H]2C[C@@H](N3CCN(C)CC3)C[C@@H]21. The summed E-state index contributed by atoms with van der Waals surface area (Å²) < 4.78 is 41.9. The molecule has 3 heterocycles. The molecule has 0 spiro atoms. The van der Waals surface area contributed by atoms with Gasteiger partial charge in [0.2, 0.25) is 0 Å². The van der Waals surface area contributed by atoms with Gasteiger partial charge in [0.1, 0.15) is 5.82 Å². The highest BCUT2D eigenvalue weighted by Gasteiger charge is 2.58. The van der Waals surface area contributed by atoms with Crippen LogP contribution in [0, 0.1) is 11.8 Å². The number of fused-ring (bicyclic) bond motifs is 1. The Labute approximate surface area is 186 Å². The molecule has 2 aliphatic carbocycles. The maximum absolute atomic E-state index is 13.3. The third-order valence-electron chi connectivity index (χ3n) is 7.59. The molecule has 4 atom stereocenters. The number of alkyl halides is 3. The number of nitrogen functional groups attached to an aromatic ring is 1. The highest BCUT2D eigenvalue weighted by atomic mass is 19.4. The zero-order chi connectivity index (χ0) is 22.8. The summed E-state index contributed by atoms with van der Waals surface area (Å²) in [5.74, 6) is 1.25. The van der Waals surface area contributed by atoms with Crippen molar-refractivity contribution in [1.29, 1.82) is 0 Å². The Morgan fingerprint density at radius 2 is 1.72 bits per heavy atom. The molecule has 2 N–H and O–H groups in total. The second kappa shape index (κ2) is 7.73. The fraction of sp³-hybridized carbons (Fsp3) is 0.652. The summed E-state index contributed by atoms with van der Waals surface area (Å²) in [5, 5.41) is 4.69. The molecule has 1 saturated heterocycles. The predicted octanol–water partition coefficient (Wildman–Crippen LogP) is 3.87. The first-order valence-corrected chi connectivity index (χ1v) is 11.5. The lowest BCUT2D eigenvalue weighted by molar-refractivity contribution is -0.137. The third-order valence-corrected chi connectivity index (χ3v) is 7.59. The minimum atomic E-state index is -4.54. The molecule has 0 radical (unpaired) electrons. The van der Waals surface area contributed by atoms with Crippen molar-refractivity contribution in [2.24, 2.45) is 11.8 Å². The molecule has 9 heteroatoms. The Morgan fingerprint density at radius 3 is 2.31 bits per heavy atom. The lowest BCUT2D eigenvalue weighted by Crippen LogP contribution is -2.48. The molecular weight excluding hydrogens is 417 g/mol. The summed E-state index contributed by atoms with van der Waals surface area (Å²) in [4.78, 5) is 8.82. The zero-order valence-corrected chi connectivity index (χ0v) is 18.8. The molecule has 0 amide bonds. The lowest BCUT2D eigenvalue weighted by Gasteiger charge is -2.37. The Kier molecular flexibility index (Phi) is 5.24. The van der Waals surface area contributed by atoms with Gasteiger partial charge in [-0.15, -0.1) is 0 Å². The maximum Gasteiger partial charge on any atom is 0.419 e. The van der Waals surface area contributed by atoms with E-state index in [0.29, 0.717) is 35.1 Å². The number of hydrogen-bond acceptors (Lipinski definition) is 5. The van der Waals surface area contributed by atoms with Crippen LogP contribution < -0.4 is 5.73 Å². The van der Waals surface area contributed by atoms with Crippen LogP contribution in [0.2, 0.25) is 0 Å². The number of rotatable bonds is 4. The van der Waals surface area contributed by atoms with E-state index in [4.69, 9.17) is 10.8 Å². The Morgan fingerprint density at radius 1 is 1.06 bits per heavy atom. The summed E-state index contributed by atoms with van der Waals surface area (Å²) in [5.41, 5.74) is 6.60. The van der Waals surface area contributed by atoms with Gasteiger partial charge < -0.3 is 10.6 Å². The monoisotopic (exact) mass is 448 g/mol. The van der Waals surface area contributed by atoms with Crippen molar-refractivity contribution in [3.05, 3.63) is 29.6 Å². The van der Waals surface area contributed by atoms with E-state index >= 15 is 0 Å². The minimum Gasteiger partial charge on any atom is -0.383 e. The van der Waals surface area contributed by atoms with Gasteiger partial charge in [-0.2, -0.15) is 18.3 Å². The van der Waals surface area contributed by atoms with Crippen LogP contribution in [0.1, 0.15) is 49.9 Å². The predicted molar refractivity (Wildman–Crippen MR) is 117 cm³/mol. The fourth-order valence-electron chi connectivity index (χ4n) is 5.79. The molecule has 5 rings (SSSR count). The average molecular weight is 449 g/mol. The normalized spacial score (nSPS) is 29.0. The van der Waals surface area contributed by atoms with Gasteiger partial charge in [-0.25, -0.2) is 4.98 Å². The van der Waals surface area contributed by atoms with Gasteiger partial charge in [0.05, 0.1) is 11.3 Å². The highest BCUT2D eigenvalue weighted by molar-refractivity contribution is 5.63. The molecule has 0 unspecified atom stereocenters. The van der Waals surface area contributed by atoms with E-state index < -0.39 is 17.6 Å². The highest BCUT2D eigenvalue weighted by Crippen LogP contribution is 2.64. The van der Waals surface area contributed by atoms with Crippen molar-refractivity contribution >= 4 is 5.82 Å². The summed E-state index contributed by atoms with van der Waals surface area (Å²) in [6, 6.07) is 3.84. The number of likely N-dealkylation sites (N-methyl/N-ethyl adjacent to an activating group) is 1. The zero-order valence-electron chi connectivity index (χ0n) is 18.8. The molecule has 2 saturated carbocycles. The van der Waals surface area contributed by atoms with Gasteiger partial charge in [-0.05, 0) is 57.7 Å². The van der Waals surface area contributed by atoms with Crippen molar-refractivity contribution in [3.8, 4) is 11.3 Å². The van der Waals surface area contributed by atoms with Gasteiger partial charge in [0, 0.05) is 61.6 Å². The van der Waals surface area contributed by atoms with Gasteiger partial charge >= 0.3 is 6.18 Å². The Balaban J connectivity index is 1.36. The van der Waals surface area contributed by atoms with E-state index in [9.17, 15) is 13.2 Å². The van der Waals surface area contributed by atoms with Gasteiger partial charge in [-0.1, -0.05) is 0 Å². The average Bonchev–Trinajstić information content (AvgIpc) is 3.08. The third kappa shape index (κ3) is 3.79. The van der Waals surface area contributed by atoms with Crippen LogP contribution >= 0.6 is 0 Å². The van der Waals surface area contributed by atoms with Crippen molar-refractivity contribution < 1.29 is 13.2 Å². The first kappa shape index (κ1) is 21.7. The van der Waals surface area contributed by atoms with Crippen LogP contribution in [0.4, 0.5) is 19.0 Å². The number of halogens is 3. The maximum atomic E-state index is 13.3. The van der Waals surface area contributed by atoms with E-state index in [-0.39, 0.29) is 6.04 Å². The second-order valence-electron chi connectivity index (χ2n) is 9.97. The van der Waals surface area contributed by atoms with Crippen LogP contribution in [-0.4, -0.2) is 63.8 Å². The smallest absolute Gasteiger partial charge is 0.383 e. The molecular formula is C23H31F3N6. The Bertz CT molecular complexity index is 980. The molecule has 2 aromatic rings. The van der Waals surface area contributed by atoms with E-state index in [0.717, 1.165) is 37.9 Å². The van der Waals surface area contributed by atoms with E-state index in [1.807, 2.05) is 10.7 Å². The van der Waals surface area contributed by atoms with E-state index in [1.54, 1.807) is 0 Å². The molecule has 174 valence electrons. The Hall–Kier alpha value is -2.13. The van der Waals surface area contributed by atoms with Crippen molar-refractivity contribution in [3.63, 3.8) is 0 Å². The summed E-state index contributed by atoms with van der Waals surface area (Å²) in [6.45, 7) is 8.68. The standard InChI is InChI=1S/C23H31F3N6/c1-13(2)32-20(11-19(29-32)14-8-18(23(24,25)26)22(27)28-12-14)21-16-9-15(10-17(16)21)31-6-4-30(3)5-7-31/h8,11-13,15-17,21H,4-7,9-10H2,1-3H3,(H2,27,28)/t15-,16-,17+,21+. The van der Waals surface area contributed by atoms with Crippen LogP contribution in [0.3, 0.4) is 0 Å². The van der Waals surface area contributed by atoms with Crippen molar-refractivity contribution in [2.75, 3.05) is 39.0 Å². The molecule has 1 aliphatic heterocycles. The number of nitrogens with two attached hydrogens (primary N) is 1. The van der Waals surface area contributed by atoms with Gasteiger partial charge in [0.25, 0.3) is 0 Å². The van der Waals surface area contributed by atoms with E-state index in [1.165, 1.54) is 19.0 Å². The number of piperazine rings is 1. The number of nitrogens with zero attached hydrogens (tertiary/aromatic N) is 5. The molecule has 2 aromatic heterocycles. The van der Waals surface area contributed by atoms with Gasteiger partial charge in [0.15, 0.2) is 0 Å². The van der Waals surface area contributed by atoms with Crippen LogP contribution in [0.15, 0.2) is 18.3 Å². The lowest BCUT2D eigenvalue weighted by atomic mass is 10.0. The number of aromatic nitrogens is 3. The summed E-state index contributed by atoms with van der Waals surface area (Å²) >= 11 is 0. The van der Waals surface area contributed by atoms with Gasteiger partial charge in [-0.3, -0.25) is 9.58 Å². The first-order chi connectivity index (χ1) is 15.1. The second-order valence-corrected chi connectivity index (χ2v) is 9.97. The molecule has 0 bridgehead atoms. The quantitative estimate of drug-likeness (QED) is 0.770. The van der Waals surface area contributed by atoms with Crippen LogP contribution in [0.25, 0.3) is 11.3 Å². The largest absolute Gasteiger partial charge is 0.419 e. The molecule has 6 nitrogen and oxygen atoms in total. The van der Waals surface area contributed by atoms with Crippen LogP contribution in [0.5, 0.6) is 0 Å². The fourth-order valence-corrected chi connectivity index (χ4v) is 5.79. The number of pyridine rings is 1. The number of anilines is 1.